The van der Waals surface area contributed by atoms with Crippen LogP contribution < -0.4 is 5.32 Å². The number of fused-ring (bicyclic) bond motifs is 1. The largest absolute Gasteiger partial charge is 0.324 e. The van der Waals surface area contributed by atoms with Crippen molar-refractivity contribution >= 4 is 38.7 Å². The smallest absolute Gasteiger partial charge is 0.319 e. The number of nitro groups is 1. The molecule has 0 aliphatic heterocycles. The predicted molar refractivity (Wildman–Crippen MR) is 80.7 cm³/mol. The number of nitrogens with zero attached hydrogens (tertiary/aromatic N) is 2. The van der Waals surface area contributed by atoms with Gasteiger partial charge in [0.15, 0.2) is 0 Å². The second-order valence-corrected chi connectivity index (χ2v) is 5.32. The van der Waals surface area contributed by atoms with E-state index in [-0.39, 0.29) is 15.8 Å². The molecule has 6 nitrogen and oxygen atoms in total. The third kappa shape index (κ3) is 2.59. The average molecular weight is 299 g/mol. The van der Waals surface area contributed by atoms with Gasteiger partial charge in [-0.3, -0.25) is 19.9 Å². The Balaban J connectivity index is 1.91. The summed E-state index contributed by atoms with van der Waals surface area (Å²) in [5.41, 5.74) is 0.578. The van der Waals surface area contributed by atoms with Crippen LogP contribution in [0.2, 0.25) is 0 Å². The summed E-state index contributed by atoms with van der Waals surface area (Å²) in [6.45, 7) is 0. The molecule has 0 saturated carbocycles. The molecule has 1 aromatic carbocycles. The van der Waals surface area contributed by atoms with Gasteiger partial charge < -0.3 is 5.32 Å². The third-order valence-electron chi connectivity index (χ3n) is 2.91. The van der Waals surface area contributed by atoms with E-state index in [1.807, 2.05) is 24.3 Å². The molecule has 0 fully saturated rings. The first-order valence-electron chi connectivity index (χ1n) is 6.03. The van der Waals surface area contributed by atoms with Crippen LogP contribution in [0.4, 0.5) is 10.7 Å². The number of thiophene rings is 1. The van der Waals surface area contributed by atoms with E-state index >= 15 is 0 Å². The number of rotatable bonds is 3. The molecule has 1 N–H and O–H groups in total. The van der Waals surface area contributed by atoms with E-state index in [0.29, 0.717) is 5.69 Å². The summed E-state index contributed by atoms with van der Waals surface area (Å²) in [4.78, 5) is 26.6. The number of hydrogen-bond donors (Lipinski definition) is 1. The van der Waals surface area contributed by atoms with E-state index < -0.39 is 4.92 Å². The monoisotopic (exact) mass is 299 g/mol. The van der Waals surface area contributed by atoms with Gasteiger partial charge in [-0.15, -0.1) is 0 Å². The first kappa shape index (κ1) is 13.2. The number of anilines is 1. The summed E-state index contributed by atoms with van der Waals surface area (Å²) in [5.74, 6) is -0.383. The number of aromatic nitrogens is 1. The number of pyridine rings is 1. The number of nitrogens with one attached hydrogen (secondary N) is 1. The highest BCUT2D eigenvalue weighted by Crippen LogP contribution is 2.26. The standard InChI is InChI=1S/C14H9N3O3S/c18-14(12-5-6-13(21-12)17(19)20)16-11-8-15-7-9-3-1-2-4-10(9)11/h1-8H,(H,16,18). The Hall–Kier alpha value is -2.80. The molecule has 0 aliphatic rings. The van der Waals surface area contributed by atoms with E-state index in [1.54, 1.807) is 12.4 Å². The quantitative estimate of drug-likeness (QED) is 0.593. The van der Waals surface area contributed by atoms with Gasteiger partial charge in [-0.25, -0.2) is 0 Å². The zero-order chi connectivity index (χ0) is 14.8. The zero-order valence-electron chi connectivity index (χ0n) is 10.6. The SMILES string of the molecule is O=C(Nc1cncc2ccccc12)c1ccc([N+](=O)[O-])s1. The molecule has 7 heteroatoms. The Morgan fingerprint density at radius 3 is 2.76 bits per heavy atom. The van der Waals surface area contributed by atoms with Crippen LogP contribution in [0.15, 0.2) is 48.8 Å². The highest BCUT2D eigenvalue weighted by molar-refractivity contribution is 7.17. The van der Waals surface area contributed by atoms with Gasteiger partial charge in [0, 0.05) is 23.0 Å². The van der Waals surface area contributed by atoms with Crippen molar-refractivity contribution in [2.75, 3.05) is 5.32 Å². The number of hydrogen-bond acceptors (Lipinski definition) is 5. The van der Waals surface area contributed by atoms with Gasteiger partial charge in [-0.2, -0.15) is 0 Å². The number of carbonyl (C=O) groups is 1. The first-order chi connectivity index (χ1) is 10.1. The molecule has 0 aliphatic carbocycles. The van der Waals surface area contributed by atoms with E-state index in [0.717, 1.165) is 22.1 Å². The lowest BCUT2D eigenvalue weighted by atomic mass is 10.1. The van der Waals surface area contributed by atoms with Gasteiger partial charge in [0.1, 0.15) is 0 Å². The molecule has 0 atom stereocenters. The summed E-state index contributed by atoms with van der Waals surface area (Å²) in [7, 11) is 0. The van der Waals surface area contributed by atoms with Crippen molar-refractivity contribution in [2.45, 2.75) is 0 Å². The van der Waals surface area contributed by atoms with Crippen molar-refractivity contribution in [1.82, 2.24) is 4.98 Å². The van der Waals surface area contributed by atoms with E-state index in [9.17, 15) is 14.9 Å². The maximum absolute atomic E-state index is 12.1. The summed E-state index contributed by atoms with van der Waals surface area (Å²) < 4.78 is 0. The fraction of sp³-hybridized carbons (Fsp3) is 0. The predicted octanol–water partition coefficient (Wildman–Crippen LogP) is 3.46. The van der Waals surface area contributed by atoms with Gasteiger partial charge >= 0.3 is 5.00 Å². The molecule has 0 unspecified atom stereocenters. The Labute approximate surface area is 123 Å². The van der Waals surface area contributed by atoms with Crippen LogP contribution in [-0.2, 0) is 0 Å². The zero-order valence-corrected chi connectivity index (χ0v) is 11.5. The Morgan fingerprint density at radius 2 is 2.00 bits per heavy atom. The van der Waals surface area contributed by atoms with Crippen LogP contribution in [0.1, 0.15) is 9.67 Å². The number of benzene rings is 1. The third-order valence-corrected chi connectivity index (χ3v) is 3.95. The van der Waals surface area contributed by atoms with Crippen molar-refractivity contribution in [2.24, 2.45) is 0 Å². The van der Waals surface area contributed by atoms with Crippen molar-refractivity contribution < 1.29 is 9.72 Å². The maximum atomic E-state index is 12.1. The van der Waals surface area contributed by atoms with Gasteiger partial charge in [-0.1, -0.05) is 35.6 Å². The molecule has 0 radical (unpaired) electrons. The molecular formula is C14H9N3O3S. The van der Waals surface area contributed by atoms with Crippen LogP contribution in [0.5, 0.6) is 0 Å². The fourth-order valence-electron chi connectivity index (χ4n) is 1.95. The second kappa shape index (κ2) is 5.29. The molecule has 1 amide bonds. The normalized spacial score (nSPS) is 10.5. The topological polar surface area (TPSA) is 85.1 Å². The van der Waals surface area contributed by atoms with Gasteiger partial charge in [0.05, 0.1) is 21.7 Å². The molecule has 2 aromatic heterocycles. The molecule has 0 saturated heterocycles. The number of carbonyl (C=O) groups excluding carboxylic acids is 1. The molecule has 21 heavy (non-hydrogen) atoms. The highest BCUT2D eigenvalue weighted by Gasteiger charge is 2.16. The summed E-state index contributed by atoms with van der Waals surface area (Å²) in [5, 5.41) is 15.1. The van der Waals surface area contributed by atoms with Crippen LogP contribution in [0.25, 0.3) is 10.8 Å². The van der Waals surface area contributed by atoms with Gasteiger partial charge in [-0.05, 0) is 6.07 Å². The summed E-state index contributed by atoms with van der Waals surface area (Å²) in [6, 6.07) is 10.3. The summed E-state index contributed by atoms with van der Waals surface area (Å²) >= 11 is 0.842. The van der Waals surface area contributed by atoms with Crippen LogP contribution in [-0.4, -0.2) is 15.8 Å². The summed E-state index contributed by atoms with van der Waals surface area (Å²) in [6.07, 6.45) is 3.27. The average Bonchev–Trinajstić information content (AvgIpc) is 2.98. The first-order valence-corrected chi connectivity index (χ1v) is 6.85. The Bertz CT molecular complexity index is 839. The van der Waals surface area contributed by atoms with Crippen molar-refractivity contribution in [1.29, 1.82) is 0 Å². The lowest BCUT2D eigenvalue weighted by Gasteiger charge is -2.06. The second-order valence-electron chi connectivity index (χ2n) is 4.26. The molecule has 0 spiro atoms. The molecule has 0 bridgehead atoms. The van der Waals surface area contributed by atoms with E-state index in [4.69, 9.17) is 0 Å². The molecular weight excluding hydrogens is 290 g/mol. The maximum Gasteiger partial charge on any atom is 0.324 e. The molecule has 2 heterocycles. The minimum atomic E-state index is -0.513. The Morgan fingerprint density at radius 1 is 1.19 bits per heavy atom. The van der Waals surface area contributed by atoms with Gasteiger partial charge in [0.25, 0.3) is 5.91 Å². The van der Waals surface area contributed by atoms with E-state index in [2.05, 4.69) is 10.3 Å². The van der Waals surface area contributed by atoms with Crippen molar-refractivity contribution in [3.8, 4) is 0 Å². The lowest BCUT2D eigenvalue weighted by Crippen LogP contribution is -2.10. The lowest BCUT2D eigenvalue weighted by molar-refractivity contribution is -0.380. The molecule has 3 aromatic rings. The van der Waals surface area contributed by atoms with Crippen LogP contribution in [0.3, 0.4) is 0 Å². The molecule has 104 valence electrons. The number of amides is 1. The minimum Gasteiger partial charge on any atom is -0.319 e. The van der Waals surface area contributed by atoms with Crippen LogP contribution in [0, 0.1) is 10.1 Å². The van der Waals surface area contributed by atoms with Crippen molar-refractivity contribution in [3.63, 3.8) is 0 Å². The Kier molecular flexibility index (Phi) is 3.33. The van der Waals surface area contributed by atoms with Gasteiger partial charge in [0.2, 0.25) is 0 Å². The van der Waals surface area contributed by atoms with E-state index in [1.165, 1.54) is 12.1 Å². The highest BCUT2D eigenvalue weighted by atomic mass is 32.1. The minimum absolute atomic E-state index is 0.0591. The van der Waals surface area contributed by atoms with Crippen LogP contribution >= 0.6 is 11.3 Å². The van der Waals surface area contributed by atoms with Crippen molar-refractivity contribution in [3.05, 3.63) is 63.8 Å². The fourth-order valence-corrected chi connectivity index (χ4v) is 2.66. The molecule has 3 rings (SSSR count).